The van der Waals surface area contributed by atoms with Gasteiger partial charge in [0.25, 0.3) is 5.91 Å². The van der Waals surface area contributed by atoms with Crippen LogP contribution in [-0.4, -0.2) is 28.9 Å². The number of halogens is 1. The molecule has 1 aromatic heterocycles. The van der Waals surface area contributed by atoms with E-state index in [9.17, 15) is 9.18 Å². The molecule has 8 heteroatoms. The molecule has 0 bridgehead atoms. The van der Waals surface area contributed by atoms with Crippen molar-refractivity contribution < 1.29 is 23.3 Å². The third-order valence-electron chi connectivity index (χ3n) is 3.83. The normalized spacial score (nSPS) is 11.7. The first-order chi connectivity index (χ1) is 13.6. The van der Waals surface area contributed by atoms with Gasteiger partial charge >= 0.3 is 0 Å². The quantitative estimate of drug-likeness (QED) is 0.629. The van der Waals surface area contributed by atoms with Crippen molar-refractivity contribution in [3.8, 4) is 22.8 Å². The zero-order valence-electron chi connectivity index (χ0n) is 15.5. The Bertz CT molecular complexity index is 910. The summed E-state index contributed by atoms with van der Waals surface area (Å²) >= 11 is 0. The van der Waals surface area contributed by atoms with Gasteiger partial charge < -0.3 is 14.8 Å². The summed E-state index contributed by atoms with van der Waals surface area (Å²) in [7, 11) is 0. The van der Waals surface area contributed by atoms with Crippen molar-refractivity contribution in [3.63, 3.8) is 0 Å². The first-order valence-electron chi connectivity index (χ1n) is 8.85. The van der Waals surface area contributed by atoms with Gasteiger partial charge in [0, 0.05) is 5.56 Å². The maximum Gasteiger partial charge on any atom is 0.266 e. The summed E-state index contributed by atoms with van der Waals surface area (Å²) in [6, 6.07) is 12.6. The molecule has 3 rings (SSSR count). The zero-order chi connectivity index (χ0) is 19.9. The topological polar surface area (TPSA) is 86.5 Å². The minimum absolute atomic E-state index is 0.182. The van der Waals surface area contributed by atoms with E-state index in [-0.39, 0.29) is 11.6 Å². The molecule has 28 heavy (non-hydrogen) atoms. The van der Waals surface area contributed by atoms with Crippen LogP contribution in [0.25, 0.3) is 11.3 Å². The van der Waals surface area contributed by atoms with Crippen LogP contribution in [0.15, 0.2) is 53.2 Å². The molecule has 0 aliphatic rings. The van der Waals surface area contributed by atoms with E-state index in [4.69, 9.17) is 14.1 Å². The molecule has 0 spiro atoms. The van der Waals surface area contributed by atoms with Crippen LogP contribution in [0.4, 0.5) is 10.2 Å². The number of amides is 1. The third-order valence-corrected chi connectivity index (χ3v) is 3.83. The maximum absolute atomic E-state index is 13.0. The Morgan fingerprint density at radius 3 is 2.46 bits per heavy atom. The average Bonchev–Trinajstić information content (AvgIpc) is 3.16. The van der Waals surface area contributed by atoms with Crippen LogP contribution in [0.5, 0.6) is 11.5 Å². The van der Waals surface area contributed by atoms with E-state index >= 15 is 0 Å². The Hall–Kier alpha value is -3.42. The molecule has 3 aromatic rings. The van der Waals surface area contributed by atoms with Crippen molar-refractivity contribution >= 4 is 11.7 Å². The molecule has 0 fully saturated rings. The third kappa shape index (κ3) is 4.85. The Morgan fingerprint density at radius 1 is 1.11 bits per heavy atom. The van der Waals surface area contributed by atoms with Gasteiger partial charge in [0.05, 0.1) is 6.61 Å². The van der Waals surface area contributed by atoms with Crippen molar-refractivity contribution in [1.29, 1.82) is 0 Å². The van der Waals surface area contributed by atoms with Crippen LogP contribution < -0.4 is 14.8 Å². The van der Waals surface area contributed by atoms with Crippen LogP contribution in [0, 0.1) is 5.82 Å². The first-order valence-corrected chi connectivity index (χ1v) is 8.85. The summed E-state index contributed by atoms with van der Waals surface area (Å²) in [5, 5.41) is 10.2. The molecule has 0 aliphatic heterocycles. The molecule has 1 atom stereocenters. The molecular formula is C20H20FN3O4. The molecule has 0 aliphatic carbocycles. The lowest BCUT2D eigenvalue weighted by molar-refractivity contribution is -0.122. The summed E-state index contributed by atoms with van der Waals surface area (Å²) in [5.74, 6) is 0.485. The Kier molecular flexibility index (Phi) is 6.21. The number of benzene rings is 2. The first kappa shape index (κ1) is 19.3. The fraction of sp³-hybridized carbons (Fsp3) is 0.250. The second kappa shape index (κ2) is 8.98. The predicted octanol–water partition coefficient (Wildman–Crippen LogP) is 4.07. The Balaban J connectivity index is 1.66. The molecule has 7 nitrogen and oxygen atoms in total. The summed E-state index contributed by atoms with van der Waals surface area (Å²) in [6.07, 6.45) is 0.0865. The van der Waals surface area contributed by atoms with E-state index in [1.165, 1.54) is 24.3 Å². The molecule has 0 saturated heterocycles. The van der Waals surface area contributed by atoms with E-state index in [2.05, 4.69) is 15.6 Å². The number of nitrogens with one attached hydrogen (secondary N) is 1. The standard InChI is InChI=1S/C20H20FN3O4/c1-3-12-26-16-8-4-14(5-9-16)18-19(24-28-23-18)22-20(25)13(2)27-17-10-6-15(21)7-11-17/h4-11,13H,3,12H2,1-2H3,(H,22,24,25). The average molecular weight is 385 g/mol. The Morgan fingerprint density at radius 2 is 1.79 bits per heavy atom. The van der Waals surface area contributed by atoms with Crippen LogP contribution in [-0.2, 0) is 4.79 Å². The fourth-order valence-corrected chi connectivity index (χ4v) is 2.38. The minimum Gasteiger partial charge on any atom is -0.494 e. The number of carbonyl (C=O) groups excluding carboxylic acids is 1. The summed E-state index contributed by atoms with van der Waals surface area (Å²) in [4.78, 5) is 12.4. The summed E-state index contributed by atoms with van der Waals surface area (Å²) < 4.78 is 28.8. The molecule has 2 aromatic carbocycles. The fourth-order valence-electron chi connectivity index (χ4n) is 2.38. The molecule has 146 valence electrons. The van der Waals surface area contributed by atoms with Gasteiger partial charge in [-0.1, -0.05) is 6.92 Å². The zero-order valence-corrected chi connectivity index (χ0v) is 15.5. The van der Waals surface area contributed by atoms with E-state index < -0.39 is 12.0 Å². The molecule has 1 N–H and O–H groups in total. The molecule has 1 unspecified atom stereocenters. The number of hydrogen-bond acceptors (Lipinski definition) is 6. The molecular weight excluding hydrogens is 365 g/mol. The monoisotopic (exact) mass is 385 g/mol. The number of aromatic nitrogens is 2. The molecule has 0 saturated carbocycles. The van der Waals surface area contributed by atoms with E-state index in [1.807, 2.05) is 19.1 Å². The van der Waals surface area contributed by atoms with Gasteiger partial charge in [0.1, 0.15) is 17.3 Å². The van der Waals surface area contributed by atoms with Crippen LogP contribution >= 0.6 is 0 Å². The number of carbonyl (C=O) groups is 1. The van der Waals surface area contributed by atoms with Gasteiger partial charge in [-0.05, 0) is 72.2 Å². The number of nitrogens with zero attached hydrogens (tertiary/aromatic N) is 2. The highest BCUT2D eigenvalue weighted by molar-refractivity contribution is 5.95. The summed E-state index contributed by atoms with van der Waals surface area (Å²) in [6.45, 7) is 4.25. The lowest BCUT2D eigenvalue weighted by atomic mass is 10.1. The van der Waals surface area contributed by atoms with Crippen molar-refractivity contribution in [2.24, 2.45) is 0 Å². The minimum atomic E-state index is -0.833. The Labute approximate surface area is 161 Å². The lowest BCUT2D eigenvalue weighted by Crippen LogP contribution is -2.30. The van der Waals surface area contributed by atoms with Gasteiger partial charge in [-0.3, -0.25) is 4.79 Å². The van der Waals surface area contributed by atoms with Crippen molar-refractivity contribution in [1.82, 2.24) is 10.3 Å². The second-order valence-electron chi connectivity index (χ2n) is 6.04. The van der Waals surface area contributed by atoms with Gasteiger partial charge in [-0.15, -0.1) is 0 Å². The van der Waals surface area contributed by atoms with Gasteiger partial charge in [0.2, 0.25) is 5.82 Å². The second-order valence-corrected chi connectivity index (χ2v) is 6.04. The molecule has 1 amide bonds. The number of hydrogen-bond donors (Lipinski definition) is 1. The van der Waals surface area contributed by atoms with Crippen LogP contribution in [0.2, 0.25) is 0 Å². The van der Waals surface area contributed by atoms with E-state index in [0.29, 0.717) is 23.6 Å². The lowest BCUT2D eigenvalue weighted by Gasteiger charge is -2.13. The van der Waals surface area contributed by atoms with Gasteiger partial charge in [0.15, 0.2) is 11.8 Å². The van der Waals surface area contributed by atoms with E-state index in [1.54, 1.807) is 19.1 Å². The molecule has 1 heterocycles. The largest absolute Gasteiger partial charge is 0.494 e. The van der Waals surface area contributed by atoms with Gasteiger partial charge in [-0.2, -0.15) is 0 Å². The highest BCUT2D eigenvalue weighted by atomic mass is 19.1. The number of ether oxygens (including phenoxy) is 2. The highest BCUT2D eigenvalue weighted by Crippen LogP contribution is 2.26. The van der Waals surface area contributed by atoms with Crippen LogP contribution in [0.3, 0.4) is 0 Å². The van der Waals surface area contributed by atoms with Crippen molar-refractivity contribution in [2.45, 2.75) is 26.4 Å². The smallest absolute Gasteiger partial charge is 0.266 e. The number of anilines is 1. The maximum atomic E-state index is 13.0. The van der Waals surface area contributed by atoms with Crippen molar-refractivity contribution in [2.75, 3.05) is 11.9 Å². The molecule has 0 radical (unpaired) electrons. The van der Waals surface area contributed by atoms with E-state index in [0.717, 1.165) is 12.2 Å². The predicted molar refractivity (Wildman–Crippen MR) is 101 cm³/mol. The van der Waals surface area contributed by atoms with Gasteiger partial charge in [-0.25, -0.2) is 9.02 Å². The number of rotatable bonds is 8. The SMILES string of the molecule is CCCOc1ccc(-c2nonc2NC(=O)C(C)Oc2ccc(F)cc2)cc1. The van der Waals surface area contributed by atoms with Crippen LogP contribution in [0.1, 0.15) is 20.3 Å². The van der Waals surface area contributed by atoms with Crippen molar-refractivity contribution in [3.05, 3.63) is 54.3 Å². The highest BCUT2D eigenvalue weighted by Gasteiger charge is 2.20. The summed E-state index contributed by atoms with van der Waals surface area (Å²) in [5.41, 5.74) is 1.11.